The lowest BCUT2D eigenvalue weighted by Gasteiger charge is -2.10. The molecule has 0 radical (unpaired) electrons. The lowest BCUT2D eigenvalue weighted by molar-refractivity contribution is -0.138. The molecule has 0 aromatic carbocycles. The van der Waals surface area contributed by atoms with Crippen LogP contribution in [0, 0.1) is 0 Å². The van der Waals surface area contributed by atoms with Crippen molar-refractivity contribution in [2.24, 2.45) is 7.05 Å². The number of carbonyl (C=O) groups is 1. The fourth-order valence-corrected chi connectivity index (χ4v) is 2.28. The SMILES string of the molecule is CCCc1nsc(NC(C(=O)O)c2cnn(C)c2)n1. The lowest BCUT2D eigenvalue weighted by atomic mass is 10.2. The van der Waals surface area contributed by atoms with Gasteiger partial charge in [-0.25, -0.2) is 9.78 Å². The molecule has 1 atom stereocenters. The fraction of sp³-hybridized carbons (Fsp3) is 0.455. The average Bonchev–Trinajstić information content (AvgIpc) is 2.95. The Bertz CT molecular complexity index is 565. The molecule has 0 fully saturated rings. The van der Waals surface area contributed by atoms with E-state index in [-0.39, 0.29) is 0 Å². The highest BCUT2D eigenvalue weighted by Gasteiger charge is 2.22. The number of hydrogen-bond donors (Lipinski definition) is 2. The Morgan fingerprint density at radius 2 is 2.42 bits per heavy atom. The first-order chi connectivity index (χ1) is 9.10. The normalized spacial score (nSPS) is 12.3. The summed E-state index contributed by atoms with van der Waals surface area (Å²) in [7, 11) is 1.74. The van der Waals surface area contributed by atoms with Gasteiger partial charge in [0.25, 0.3) is 0 Å². The van der Waals surface area contributed by atoms with Gasteiger partial charge in [0.15, 0.2) is 6.04 Å². The molecular formula is C11H15N5O2S. The number of aromatic nitrogens is 4. The summed E-state index contributed by atoms with van der Waals surface area (Å²) in [5, 5.41) is 16.6. The van der Waals surface area contributed by atoms with Gasteiger partial charge in [0.05, 0.1) is 6.20 Å². The summed E-state index contributed by atoms with van der Waals surface area (Å²) in [6.07, 6.45) is 4.95. The highest BCUT2D eigenvalue weighted by molar-refractivity contribution is 7.09. The minimum absolute atomic E-state index is 0.514. The molecule has 0 saturated carbocycles. The van der Waals surface area contributed by atoms with E-state index in [2.05, 4.69) is 19.8 Å². The van der Waals surface area contributed by atoms with Gasteiger partial charge < -0.3 is 10.4 Å². The minimum atomic E-state index is -0.972. The van der Waals surface area contributed by atoms with Crippen LogP contribution in [0.5, 0.6) is 0 Å². The maximum absolute atomic E-state index is 11.3. The largest absolute Gasteiger partial charge is 0.479 e. The summed E-state index contributed by atoms with van der Waals surface area (Å²) in [4.78, 5) is 15.6. The number of aryl methyl sites for hydroxylation is 2. The summed E-state index contributed by atoms with van der Waals surface area (Å²) in [6.45, 7) is 2.05. The molecule has 102 valence electrons. The minimum Gasteiger partial charge on any atom is -0.479 e. The molecule has 7 nitrogen and oxygen atoms in total. The number of carboxylic acid groups (broad SMARTS) is 1. The molecule has 2 aromatic rings. The number of aliphatic carboxylic acids is 1. The number of hydrogen-bond acceptors (Lipinski definition) is 6. The van der Waals surface area contributed by atoms with Crippen LogP contribution in [0.1, 0.15) is 30.8 Å². The maximum Gasteiger partial charge on any atom is 0.331 e. The number of nitrogens with zero attached hydrogens (tertiary/aromatic N) is 4. The van der Waals surface area contributed by atoms with E-state index in [0.29, 0.717) is 10.7 Å². The van der Waals surface area contributed by atoms with Gasteiger partial charge in [-0.15, -0.1) is 0 Å². The van der Waals surface area contributed by atoms with Crippen molar-refractivity contribution in [2.75, 3.05) is 5.32 Å². The smallest absolute Gasteiger partial charge is 0.331 e. The molecule has 2 N–H and O–H groups in total. The maximum atomic E-state index is 11.3. The Kier molecular flexibility index (Phi) is 4.10. The second kappa shape index (κ2) is 5.79. The predicted molar refractivity (Wildman–Crippen MR) is 71.1 cm³/mol. The molecule has 0 spiro atoms. The van der Waals surface area contributed by atoms with Crippen LogP contribution >= 0.6 is 11.5 Å². The topological polar surface area (TPSA) is 92.9 Å². The van der Waals surface area contributed by atoms with Crippen LogP contribution < -0.4 is 5.32 Å². The van der Waals surface area contributed by atoms with Gasteiger partial charge in [-0.3, -0.25) is 4.68 Å². The summed E-state index contributed by atoms with van der Waals surface area (Å²) in [5.74, 6) is -0.231. The number of rotatable bonds is 6. The summed E-state index contributed by atoms with van der Waals surface area (Å²) < 4.78 is 5.74. The quantitative estimate of drug-likeness (QED) is 0.832. The van der Waals surface area contributed by atoms with E-state index in [9.17, 15) is 9.90 Å². The molecular weight excluding hydrogens is 266 g/mol. The fourth-order valence-electron chi connectivity index (χ4n) is 1.64. The number of carboxylic acids is 1. The third-order valence-electron chi connectivity index (χ3n) is 2.51. The Labute approximate surface area is 114 Å². The second-order valence-electron chi connectivity index (χ2n) is 4.13. The molecule has 19 heavy (non-hydrogen) atoms. The predicted octanol–water partition coefficient (Wildman–Crippen LogP) is 1.46. The second-order valence-corrected chi connectivity index (χ2v) is 4.88. The van der Waals surface area contributed by atoms with Gasteiger partial charge in [0, 0.05) is 36.8 Å². The summed E-state index contributed by atoms with van der Waals surface area (Å²) in [5.41, 5.74) is 0.585. The first-order valence-electron chi connectivity index (χ1n) is 5.90. The third-order valence-corrected chi connectivity index (χ3v) is 3.20. The van der Waals surface area contributed by atoms with Crippen molar-refractivity contribution >= 4 is 22.6 Å². The molecule has 0 amide bonds. The van der Waals surface area contributed by atoms with Crippen molar-refractivity contribution in [2.45, 2.75) is 25.8 Å². The highest BCUT2D eigenvalue weighted by Crippen LogP contribution is 2.21. The van der Waals surface area contributed by atoms with E-state index in [1.807, 2.05) is 6.92 Å². The van der Waals surface area contributed by atoms with Gasteiger partial charge in [-0.1, -0.05) is 6.92 Å². The van der Waals surface area contributed by atoms with Crippen LogP contribution in [-0.4, -0.2) is 30.2 Å². The highest BCUT2D eigenvalue weighted by atomic mass is 32.1. The average molecular weight is 281 g/mol. The van der Waals surface area contributed by atoms with Gasteiger partial charge in [0.2, 0.25) is 5.13 Å². The van der Waals surface area contributed by atoms with Crippen molar-refractivity contribution < 1.29 is 9.90 Å². The van der Waals surface area contributed by atoms with Gasteiger partial charge >= 0.3 is 5.97 Å². The lowest BCUT2D eigenvalue weighted by Crippen LogP contribution is -2.20. The van der Waals surface area contributed by atoms with E-state index in [1.165, 1.54) is 17.7 Å². The van der Waals surface area contributed by atoms with Gasteiger partial charge in [0.1, 0.15) is 5.82 Å². The number of nitrogens with one attached hydrogen (secondary N) is 1. The van der Waals surface area contributed by atoms with Gasteiger partial charge in [-0.05, 0) is 6.42 Å². The van der Waals surface area contributed by atoms with Crippen LogP contribution in [0.3, 0.4) is 0 Å². The molecule has 2 rings (SSSR count). The van der Waals surface area contributed by atoms with Crippen LogP contribution in [-0.2, 0) is 18.3 Å². The van der Waals surface area contributed by atoms with Crippen molar-refractivity contribution in [3.8, 4) is 0 Å². The van der Waals surface area contributed by atoms with Crippen molar-refractivity contribution in [3.05, 3.63) is 23.8 Å². The number of anilines is 1. The summed E-state index contributed by atoms with van der Waals surface area (Å²) in [6, 6.07) is -0.865. The first-order valence-corrected chi connectivity index (χ1v) is 6.68. The van der Waals surface area contributed by atoms with Gasteiger partial charge in [-0.2, -0.15) is 9.47 Å². The third kappa shape index (κ3) is 3.28. The molecule has 0 aliphatic heterocycles. The van der Waals surface area contributed by atoms with E-state index in [4.69, 9.17) is 0 Å². The molecule has 0 aliphatic carbocycles. The standard InChI is InChI=1S/C11H15N5O2S/c1-3-4-8-13-11(19-15-8)14-9(10(17)18)7-5-12-16(2)6-7/h5-6,9H,3-4H2,1-2H3,(H,17,18)(H,13,14,15). The molecule has 0 aliphatic rings. The van der Waals surface area contributed by atoms with Crippen LogP contribution in [0.25, 0.3) is 0 Å². The zero-order valence-corrected chi connectivity index (χ0v) is 11.5. The van der Waals surface area contributed by atoms with E-state index in [0.717, 1.165) is 18.7 Å². The van der Waals surface area contributed by atoms with E-state index >= 15 is 0 Å². The molecule has 2 heterocycles. The summed E-state index contributed by atoms with van der Waals surface area (Å²) >= 11 is 1.17. The molecule has 1 unspecified atom stereocenters. The van der Waals surface area contributed by atoms with Crippen molar-refractivity contribution in [3.63, 3.8) is 0 Å². The molecule has 0 bridgehead atoms. The molecule has 8 heteroatoms. The van der Waals surface area contributed by atoms with Crippen molar-refractivity contribution in [1.82, 2.24) is 19.1 Å². The van der Waals surface area contributed by atoms with Crippen LogP contribution in [0.2, 0.25) is 0 Å². The van der Waals surface area contributed by atoms with E-state index in [1.54, 1.807) is 17.9 Å². The van der Waals surface area contributed by atoms with Crippen LogP contribution in [0.15, 0.2) is 12.4 Å². The molecule has 2 aromatic heterocycles. The zero-order chi connectivity index (χ0) is 13.8. The Morgan fingerprint density at radius 1 is 1.63 bits per heavy atom. The van der Waals surface area contributed by atoms with Crippen molar-refractivity contribution in [1.29, 1.82) is 0 Å². The molecule has 0 saturated heterocycles. The zero-order valence-electron chi connectivity index (χ0n) is 10.7. The monoisotopic (exact) mass is 281 g/mol. The Morgan fingerprint density at radius 3 is 3.00 bits per heavy atom. The Hall–Kier alpha value is -1.96. The Balaban J connectivity index is 2.14. The van der Waals surface area contributed by atoms with E-state index < -0.39 is 12.0 Å². The van der Waals surface area contributed by atoms with Crippen LogP contribution in [0.4, 0.5) is 5.13 Å². The first kappa shape index (κ1) is 13.5.